The van der Waals surface area contributed by atoms with Gasteiger partial charge in [0.25, 0.3) is 0 Å². The summed E-state index contributed by atoms with van der Waals surface area (Å²) >= 11 is 0. The summed E-state index contributed by atoms with van der Waals surface area (Å²) < 4.78 is 21.3. The van der Waals surface area contributed by atoms with Crippen LogP contribution >= 0.6 is 0 Å². The Morgan fingerprint density at radius 2 is 2.00 bits per heavy atom. The number of sulfone groups is 1. The van der Waals surface area contributed by atoms with Gasteiger partial charge in [0.05, 0.1) is 11.9 Å². The van der Waals surface area contributed by atoms with E-state index >= 15 is 0 Å². The number of rotatable bonds is 3. The van der Waals surface area contributed by atoms with Gasteiger partial charge in [0.2, 0.25) is 0 Å². The summed E-state index contributed by atoms with van der Waals surface area (Å²) in [4.78, 5) is 0. The molecule has 0 saturated carbocycles. The standard InChI is InChI=1S/C5H12O3S/c1-3-9(7,8)4-5(2)6/h5-6H,3-4H2,1-2H3/t5-/m1/s1. The molecular weight excluding hydrogens is 140 g/mol. The summed E-state index contributed by atoms with van der Waals surface area (Å²) in [7, 11) is -2.97. The lowest BCUT2D eigenvalue weighted by Gasteiger charge is -2.01. The fourth-order valence-electron chi connectivity index (χ4n) is 0.485. The molecule has 0 heterocycles. The third-order valence-corrected chi connectivity index (χ3v) is 2.80. The molecule has 0 rings (SSSR count). The summed E-state index contributed by atoms with van der Waals surface area (Å²) in [6, 6.07) is 0. The number of aliphatic hydroxyl groups excluding tert-OH is 1. The summed E-state index contributed by atoms with van der Waals surface area (Å²) in [6.45, 7) is 3.03. The maximum atomic E-state index is 10.6. The molecule has 0 aromatic carbocycles. The lowest BCUT2D eigenvalue weighted by Crippen LogP contribution is -2.18. The smallest absolute Gasteiger partial charge is 0.152 e. The van der Waals surface area contributed by atoms with Gasteiger partial charge in [0.1, 0.15) is 0 Å². The fraction of sp³-hybridized carbons (Fsp3) is 1.00. The van der Waals surface area contributed by atoms with Gasteiger partial charge in [-0.15, -0.1) is 0 Å². The molecule has 9 heavy (non-hydrogen) atoms. The number of aliphatic hydroxyl groups is 1. The third kappa shape index (κ3) is 4.42. The highest BCUT2D eigenvalue weighted by molar-refractivity contribution is 7.91. The van der Waals surface area contributed by atoms with E-state index < -0.39 is 15.9 Å². The predicted octanol–water partition coefficient (Wildman–Crippen LogP) is -0.198. The van der Waals surface area contributed by atoms with Crippen LogP contribution in [0, 0.1) is 0 Å². The Hall–Kier alpha value is -0.0900. The molecule has 0 aliphatic heterocycles. The molecular formula is C5H12O3S. The molecule has 0 radical (unpaired) electrons. The monoisotopic (exact) mass is 152 g/mol. The summed E-state index contributed by atoms with van der Waals surface area (Å²) in [6.07, 6.45) is -0.741. The minimum atomic E-state index is -2.97. The predicted molar refractivity (Wildman–Crippen MR) is 36.0 cm³/mol. The molecule has 0 bridgehead atoms. The molecule has 4 heteroatoms. The van der Waals surface area contributed by atoms with E-state index in [2.05, 4.69) is 0 Å². The highest BCUT2D eigenvalue weighted by Crippen LogP contribution is 1.92. The van der Waals surface area contributed by atoms with Gasteiger partial charge in [0.15, 0.2) is 9.84 Å². The zero-order chi connectivity index (χ0) is 7.49. The van der Waals surface area contributed by atoms with Crippen LogP contribution < -0.4 is 0 Å². The van der Waals surface area contributed by atoms with E-state index in [0.717, 1.165) is 0 Å². The second-order valence-corrected chi connectivity index (χ2v) is 4.45. The molecule has 0 amide bonds. The topological polar surface area (TPSA) is 54.4 Å². The van der Waals surface area contributed by atoms with Crippen LogP contribution in [0.2, 0.25) is 0 Å². The Morgan fingerprint density at radius 3 is 2.11 bits per heavy atom. The normalized spacial score (nSPS) is 15.4. The van der Waals surface area contributed by atoms with Crippen molar-refractivity contribution in [3.8, 4) is 0 Å². The van der Waals surface area contributed by atoms with E-state index in [1.54, 1.807) is 6.92 Å². The second kappa shape index (κ2) is 3.17. The van der Waals surface area contributed by atoms with Gasteiger partial charge in [-0.2, -0.15) is 0 Å². The molecule has 0 spiro atoms. The van der Waals surface area contributed by atoms with E-state index in [4.69, 9.17) is 5.11 Å². The Labute approximate surface area is 55.6 Å². The molecule has 0 aromatic rings. The van der Waals surface area contributed by atoms with Crippen LogP contribution in [0.1, 0.15) is 13.8 Å². The average molecular weight is 152 g/mol. The van der Waals surface area contributed by atoms with Crippen LogP contribution in [0.4, 0.5) is 0 Å². The number of hydrogen-bond donors (Lipinski definition) is 1. The van der Waals surface area contributed by atoms with E-state index in [9.17, 15) is 8.42 Å². The van der Waals surface area contributed by atoms with Crippen molar-refractivity contribution >= 4 is 9.84 Å². The van der Waals surface area contributed by atoms with Crippen LogP contribution in [0.3, 0.4) is 0 Å². The fourth-order valence-corrected chi connectivity index (χ4v) is 1.46. The SMILES string of the molecule is CCS(=O)(=O)C[C@@H](C)O. The lowest BCUT2D eigenvalue weighted by atomic mass is 10.5. The quantitative estimate of drug-likeness (QED) is 0.609. The second-order valence-electron chi connectivity index (χ2n) is 2.05. The highest BCUT2D eigenvalue weighted by Gasteiger charge is 2.09. The van der Waals surface area contributed by atoms with Gasteiger partial charge in [-0.3, -0.25) is 0 Å². The van der Waals surface area contributed by atoms with Crippen LogP contribution in [0.25, 0.3) is 0 Å². The van der Waals surface area contributed by atoms with Crippen molar-refractivity contribution in [1.29, 1.82) is 0 Å². The Bertz CT molecular complexity index is 157. The Morgan fingerprint density at radius 1 is 1.56 bits per heavy atom. The zero-order valence-corrected chi connectivity index (χ0v) is 6.48. The summed E-state index contributed by atoms with van der Waals surface area (Å²) in [5, 5.41) is 8.64. The molecule has 0 aromatic heterocycles. The lowest BCUT2D eigenvalue weighted by molar-refractivity contribution is 0.218. The molecule has 0 aliphatic rings. The number of hydrogen-bond acceptors (Lipinski definition) is 3. The first-order valence-electron chi connectivity index (χ1n) is 2.86. The first-order chi connectivity index (χ1) is 3.98. The van der Waals surface area contributed by atoms with Gasteiger partial charge in [-0.1, -0.05) is 6.92 Å². The van der Waals surface area contributed by atoms with Gasteiger partial charge < -0.3 is 5.11 Å². The van der Waals surface area contributed by atoms with Crippen molar-refractivity contribution < 1.29 is 13.5 Å². The first kappa shape index (κ1) is 8.91. The average Bonchev–Trinajstić information content (AvgIpc) is 1.63. The molecule has 0 saturated heterocycles. The highest BCUT2D eigenvalue weighted by atomic mass is 32.2. The van der Waals surface area contributed by atoms with Gasteiger partial charge in [0, 0.05) is 5.75 Å². The molecule has 0 aliphatic carbocycles. The first-order valence-corrected chi connectivity index (χ1v) is 4.68. The zero-order valence-electron chi connectivity index (χ0n) is 5.66. The summed E-state index contributed by atoms with van der Waals surface area (Å²) in [5.74, 6) is -0.0125. The van der Waals surface area contributed by atoms with E-state index in [1.807, 2.05) is 0 Å². The third-order valence-electron chi connectivity index (χ3n) is 0.935. The van der Waals surface area contributed by atoms with Crippen LogP contribution in [0.15, 0.2) is 0 Å². The maximum Gasteiger partial charge on any atom is 0.152 e. The molecule has 56 valence electrons. The van der Waals surface area contributed by atoms with E-state index in [1.165, 1.54) is 6.92 Å². The van der Waals surface area contributed by atoms with E-state index in [0.29, 0.717) is 0 Å². The van der Waals surface area contributed by atoms with Crippen molar-refractivity contribution in [3.63, 3.8) is 0 Å². The van der Waals surface area contributed by atoms with Crippen molar-refractivity contribution in [2.75, 3.05) is 11.5 Å². The van der Waals surface area contributed by atoms with Gasteiger partial charge in [-0.05, 0) is 6.92 Å². The Balaban J connectivity index is 3.90. The van der Waals surface area contributed by atoms with Gasteiger partial charge >= 0.3 is 0 Å². The molecule has 1 atom stereocenters. The van der Waals surface area contributed by atoms with Crippen molar-refractivity contribution in [3.05, 3.63) is 0 Å². The molecule has 0 fully saturated rings. The van der Waals surface area contributed by atoms with E-state index in [-0.39, 0.29) is 11.5 Å². The summed E-state index contributed by atoms with van der Waals surface area (Å²) in [5.41, 5.74) is 0. The minimum absolute atomic E-state index is 0.109. The van der Waals surface area contributed by atoms with Crippen LogP contribution in [-0.4, -0.2) is 31.1 Å². The molecule has 0 unspecified atom stereocenters. The molecule has 1 N–H and O–H groups in total. The van der Waals surface area contributed by atoms with Crippen molar-refractivity contribution in [1.82, 2.24) is 0 Å². The maximum absolute atomic E-state index is 10.6. The minimum Gasteiger partial charge on any atom is -0.392 e. The van der Waals surface area contributed by atoms with Crippen LogP contribution in [-0.2, 0) is 9.84 Å². The molecule has 3 nitrogen and oxygen atoms in total. The Kier molecular flexibility index (Phi) is 3.14. The van der Waals surface area contributed by atoms with Crippen molar-refractivity contribution in [2.45, 2.75) is 20.0 Å². The van der Waals surface area contributed by atoms with Gasteiger partial charge in [-0.25, -0.2) is 8.42 Å². The van der Waals surface area contributed by atoms with Crippen LogP contribution in [0.5, 0.6) is 0 Å². The largest absolute Gasteiger partial charge is 0.392 e. The van der Waals surface area contributed by atoms with Crippen molar-refractivity contribution in [2.24, 2.45) is 0 Å².